The zero-order valence-corrected chi connectivity index (χ0v) is 12.0. The fourth-order valence-electron chi connectivity index (χ4n) is 1.77. The van der Waals surface area contributed by atoms with Crippen LogP contribution in [0.4, 0.5) is 5.69 Å². The van der Waals surface area contributed by atoms with E-state index in [-0.39, 0.29) is 0 Å². The third kappa shape index (κ3) is 4.36. The van der Waals surface area contributed by atoms with Crippen molar-refractivity contribution < 1.29 is 9.84 Å². The molecule has 7 heteroatoms. The summed E-state index contributed by atoms with van der Waals surface area (Å²) >= 11 is 4.88. The summed E-state index contributed by atoms with van der Waals surface area (Å²) in [6.07, 6.45) is -0.132. The first-order valence-corrected chi connectivity index (χ1v) is 6.86. The van der Waals surface area contributed by atoms with Crippen LogP contribution >= 0.6 is 12.2 Å². The minimum atomic E-state index is -0.546. The van der Waals surface area contributed by atoms with E-state index >= 15 is 0 Å². The van der Waals surface area contributed by atoms with Crippen LogP contribution in [-0.2, 0) is 6.42 Å². The largest absolute Gasteiger partial charge is 0.494 e. The van der Waals surface area contributed by atoms with E-state index in [1.54, 1.807) is 0 Å². The average Bonchev–Trinajstić information content (AvgIpc) is 2.84. The molecule has 1 aromatic carbocycles. The normalized spacial score (nSPS) is 12.1. The Morgan fingerprint density at radius 2 is 2.15 bits per heavy atom. The first-order valence-electron chi connectivity index (χ1n) is 6.45. The molecule has 0 saturated carbocycles. The Kier molecular flexibility index (Phi) is 5.14. The molecule has 0 aliphatic rings. The van der Waals surface area contributed by atoms with Gasteiger partial charge in [0.05, 0.1) is 12.7 Å². The van der Waals surface area contributed by atoms with Crippen molar-refractivity contribution >= 4 is 17.9 Å². The number of H-pyrrole nitrogens is 2. The van der Waals surface area contributed by atoms with Crippen LogP contribution in [0, 0.1) is 4.77 Å². The van der Waals surface area contributed by atoms with Crippen molar-refractivity contribution in [2.45, 2.75) is 19.4 Å². The average molecular weight is 294 g/mol. The van der Waals surface area contributed by atoms with E-state index in [2.05, 4.69) is 20.5 Å². The standard InChI is InChI=1S/C13H18N4O2S/c1-2-19-11-5-3-9(4-6-11)14-8-10(18)7-12-15-13(20)17-16-12/h3-6,10,14,18H,2,7-8H2,1H3,(H2,15,16,17,20). The van der Waals surface area contributed by atoms with E-state index in [0.29, 0.717) is 30.2 Å². The number of aromatic amines is 2. The number of anilines is 1. The van der Waals surface area contributed by atoms with Crippen molar-refractivity contribution in [1.82, 2.24) is 15.2 Å². The maximum atomic E-state index is 9.92. The molecule has 0 fully saturated rings. The monoisotopic (exact) mass is 294 g/mol. The van der Waals surface area contributed by atoms with Crippen LogP contribution in [0.1, 0.15) is 12.7 Å². The minimum absolute atomic E-state index is 0.414. The number of aliphatic hydroxyl groups is 1. The van der Waals surface area contributed by atoms with Crippen LogP contribution in [0.25, 0.3) is 0 Å². The highest BCUT2D eigenvalue weighted by Gasteiger charge is 2.07. The highest BCUT2D eigenvalue weighted by Crippen LogP contribution is 2.15. The second-order valence-electron chi connectivity index (χ2n) is 4.32. The van der Waals surface area contributed by atoms with Gasteiger partial charge in [-0.3, -0.25) is 5.10 Å². The second-order valence-corrected chi connectivity index (χ2v) is 4.73. The highest BCUT2D eigenvalue weighted by molar-refractivity contribution is 7.71. The number of ether oxygens (including phenoxy) is 1. The molecule has 0 amide bonds. The van der Waals surface area contributed by atoms with Crippen LogP contribution in [0.5, 0.6) is 5.75 Å². The maximum Gasteiger partial charge on any atom is 0.192 e. The lowest BCUT2D eigenvalue weighted by Gasteiger charge is -2.12. The quantitative estimate of drug-likeness (QED) is 0.586. The molecule has 2 rings (SSSR count). The van der Waals surface area contributed by atoms with Gasteiger partial charge in [-0.25, -0.2) is 0 Å². The Labute approximate surface area is 122 Å². The Morgan fingerprint density at radius 3 is 2.75 bits per heavy atom. The summed E-state index contributed by atoms with van der Waals surface area (Å²) in [6, 6.07) is 7.62. The molecule has 0 aliphatic heterocycles. The van der Waals surface area contributed by atoms with Gasteiger partial charge in [-0.05, 0) is 43.4 Å². The summed E-state index contributed by atoms with van der Waals surface area (Å²) in [5, 5.41) is 19.7. The van der Waals surface area contributed by atoms with Crippen molar-refractivity contribution in [3.05, 3.63) is 34.9 Å². The third-order valence-corrected chi connectivity index (χ3v) is 2.88. The highest BCUT2D eigenvalue weighted by atomic mass is 32.1. The van der Waals surface area contributed by atoms with Gasteiger partial charge in [0.1, 0.15) is 11.6 Å². The van der Waals surface area contributed by atoms with Gasteiger partial charge >= 0.3 is 0 Å². The fourth-order valence-corrected chi connectivity index (χ4v) is 1.93. The van der Waals surface area contributed by atoms with Crippen molar-refractivity contribution in [2.75, 3.05) is 18.5 Å². The molecule has 0 radical (unpaired) electrons. The maximum absolute atomic E-state index is 9.92. The van der Waals surface area contributed by atoms with Crippen LogP contribution in [0.2, 0.25) is 0 Å². The van der Waals surface area contributed by atoms with Gasteiger partial charge in [-0.2, -0.15) is 5.10 Å². The molecule has 0 spiro atoms. The van der Waals surface area contributed by atoms with Gasteiger partial charge in [0.25, 0.3) is 0 Å². The van der Waals surface area contributed by atoms with Crippen molar-refractivity contribution in [3.63, 3.8) is 0 Å². The van der Waals surface area contributed by atoms with Gasteiger partial charge in [0, 0.05) is 18.7 Å². The van der Waals surface area contributed by atoms with E-state index in [9.17, 15) is 5.11 Å². The third-order valence-electron chi connectivity index (χ3n) is 2.69. The number of hydrogen-bond acceptors (Lipinski definition) is 5. The summed E-state index contributed by atoms with van der Waals surface area (Å²) in [7, 11) is 0. The predicted molar refractivity (Wildman–Crippen MR) is 79.6 cm³/mol. The number of aliphatic hydroxyl groups excluding tert-OH is 1. The van der Waals surface area contributed by atoms with Crippen LogP contribution in [0.3, 0.4) is 0 Å². The summed E-state index contributed by atoms with van der Waals surface area (Å²) < 4.78 is 5.83. The first-order chi connectivity index (χ1) is 9.67. The number of aromatic nitrogens is 3. The predicted octanol–water partition coefficient (Wildman–Crippen LogP) is 1.88. The van der Waals surface area contributed by atoms with Crippen LogP contribution in [0.15, 0.2) is 24.3 Å². The zero-order valence-electron chi connectivity index (χ0n) is 11.2. The molecular formula is C13H18N4O2S. The van der Waals surface area contributed by atoms with Gasteiger partial charge in [-0.15, -0.1) is 0 Å². The number of hydrogen-bond donors (Lipinski definition) is 4. The lowest BCUT2D eigenvalue weighted by atomic mass is 10.2. The molecule has 0 bridgehead atoms. The Balaban J connectivity index is 1.80. The molecule has 20 heavy (non-hydrogen) atoms. The molecule has 1 heterocycles. The molecule has 0 saturated heterocycles. The van der Waals surface area contributed by atoms with E-state index in [0.717, 1.165) is 11.4 Å². The Morgan fingerprint density at radius 1 is 1.40 bits per heavy atom. The van der Waals surface area contributed by atoms with Crippen LogP contribution < -0.4 is 10.1 Å². The van der Waals surface area contributed by atoms with E-state index in [4.69, 9.17) is 17.0 Å². The van der Waals surface area contributed by atoms with E-state index in [1.165, 1.54) is 0 Å². The summed E-state index contributed by atoms with van der Waals surface area (Å²) in [5.74, 6) is 1.48. The van der Waals surface area contributed by atoms with Gasteiger partial charge in [-0.1, -0.05) is 0 Å². The van der Waals surface area contributed by atoms with Gasteiger partial charge in [0.2, 0.25) is 0 Å². The van der Waals surface area contributed by atoms with Crippen molar-refractivity contribution in [1.29, 1.82) is 0 Å². The molecule has 1 unspecified atom stereocenters. The minimum Gasteiger partial charge on any atom is -0.494 e. The molecule has 4 N–H and O–H groups in total. The van der Waals surface area contributed by atoms with Gasteiger partial charge in [0.15, 0.2) is 4.77 Å². The molecule has 2 aromatic rings. The van der Waals surface area contributed by atoms with E-state index in [1.807, 2.05) is 31.2 Å². The van der Waals surface area contributed by atoms with E-state index < -0.39 is 6.10 Å². The summed E-state index contributed by atoms with van der Waals surface area (Å²) in [4.78, 5) is 2.87. The second kappa shape index (κ2) is 7.06. The lowest BCUT2D eigenvalue weighted by Crippen LogP contribution is -2.22. The number of nitrogens with zero attached hydrogens (tertiary/aromatic N) is 1. The SMILES string of the molecule is CCOc1ccc(NCC(O)Cc2n[nH]c(=S)[nH]2)cc1. The number of nitrogens with one attached hydrogen (secondary N) is 3. The molecule has 0 aliphatic carbocycles. The zero-order chi connectivity index (χ0) is 14.4. The summed E-state index contributed by atoms with van der Waals surface area (Å²) in [5.41, 5.74) is 0.933. The Bertz CT molecular complexity index is 579. The lowest BCUT2D eigenvalue weighted by molar-refractivity contribution is 0.185. The molecule has 6 nitrogen and oxygen atoms in total. The number of benzene rings is 1. The molecule has 1 aromatic heterocycles. The Hall–Kier alpha value is -1.86. The first kappa shape index (κ1) is 14.5. The topological polar surface area (TPSA) is 86.0 Å². The van der Waals surface area contributed by atoms with Crippen LogP contribution in [-0.4, -0.2) is 39.5 Å². The summed E-state index contributed by atoms with van der Waals surface area (Å²) in [6.45, 7) is 3.03. The van der Waals surface area contributed by atoms with Gasteiger partial charge < -0.3 is 20.1 Å². The molecule has 1 atom stereocenters. The van der Waals surface area contributed by atoms with Crippen molar-refractivity contribution in [3.8, 4) is 5.75 Å². The number of rotatable bonds is 7. The smallest absolute Gasteiger partial charge is 0.192 e. The fraction of sp³-hybridized carbons (Fsp3) is 0.385. The molecular weight excluding hydrogens is 276 g/mol. The van der Waals surface area contributed by atoms with Crippen molar-refractivity contribution in [2.24, 2.45) is 0 Å². The molecule has 108 valence electrons.